The van der Waals surface area contributed by atoms with Crippen molar-refractivity contribution in [2.45, 2.75) is 13.0 Å². The number of phenols is 1. The van der Waals surface area contributed by atoms with E-state index in [2.05, 4.69) is 0 Å². The molecule has 0 saturated carbocycles. The number of nitrogens with zero attached hydrogens (tertiary/aromatic N) is 1. The van der Waals surface area contributed by atoms with Gasteiger partial charge in [-0.1, -0.05) is 36.4 Å². The first-order valence-corrected chi connectivity index (χ1v) is 10.4. The third-order valence-corrected chi connectivity index (χ3v) is 5.44. The van der Waals surface area contributed by atoms with E-state index in [0.717, 1.165) is 0 Å². The summed E-state index contributed by atoms with van der Waals surface area (Å²) in [4.78, 5) is 27.7. The maximum Gasteiger partial charge on any atom is 0.300 e. The van der Waals surface area contributed by atoms with Crippen molar-refractivity contribution in [1.29, 1.82) is 0 Å². The molecule has 0 radical (unpaired) electrons. The van der Waals surface area contributed by atoms with E-state index in [0.29, 0.717) is 29.2 Å². The molecule has 0 bridgehead atoms. The molecule has 0 spiro atoms. The molecule has 7 heteroatoms. The zero-order chi connectivity index (χ0) is 23.5. The molecule has 7 nitrogen and oxygen atoms in total. The Morgan fingerprint density at radius 2 is 1.70 bits per heavy atom. The maximum absolute atomic E-state index is 13.2. The van der Waals surface area contributed by atoms with Gasteiger partial charge in [0.2, 0.25) is 0 Å². The zero-order valence-electron chi connectivity index (χ0n) is 18.2. The van der Waals surface area contributed by atoms with Crippen LogP contribution in [-0.2, 0) is 9.59 Å². The van der Waals surface area contributed by atoms with Crippen LogP contribution in [0.15, 0.2) is 78.4 Å². The lowest BCUT2D eigenvalue weighted by Crippen LogP contribution is -2.29. The van der Waals surface area contributed by atoms with Crippen LogP contribution in [0.25, 0.3) is 5.76 Å². The van der Waals surface area contributed by atoms with E-state index in [1.165, 1.54) is 18.1 Å². The average Bonchev–Trinajstić information content (AvgIpc) is 3.10. The van der Waals surface area contributed by atoms with E-state index >= 15 is 0 Å². The van der Waals surface area contributed by atoms with Crippen LogP contribution in [0.4, 0.5) is 5.69 Å². The SMILES string of the molecule is CCOc1ccc(N2C(=O)C(=O)C(=C(O)c3ccccc3)[C@@H]2c2ccc(O)c(OC)c2)cc1. The minimum atomic E-state index is -0.933. The summed E-state index contributed by atoms with van der Waals surface area (Å²) in [6, 6.07) is 19.0. The first-order valence-electron chi connectivity index (χ1n) is 10.4. The van der Waals surface area contributed by atoms with Crippen LogP contribution in [0.5, 0.6) is 17.2 Å². The summed E-state index contributed by atoms with van der Waals surface area (Å²) in [6.45, 7) is 2.36. The van der Waals surface area contributed by atoms with Crippen LogP contribution in [0, 0.1) is 0 Å². The second-order valence-electron chi connectivity index (χ2n) is 7.39. The lowest BCUT2D eigenvalue weighted by atomic mass is 9.95. The van der Waals surface area contributed by atoms with E-state index in [4.69, 9.17) is 9.47 Å². The molecular weight excluding hydrogens is 422 g/mol. The number of carbonyl (C=O) groups excluding carboxylic acids is 2. The molecule has 0 unspecified atom stereocenters. The third kappa shape index (κ3) is 4.01. The van der Waals surface area contributed by atoms with Gasteiger partial charge in [0.15, 0.2) is 11.5 Å². The van der Waals surface area contributed by atoms with Gasteiger partial charge in [0.25, 0.3) is 11.7 Å². The summed E-state index contributed by atoms with van der Waals surface area (Å²) in [6.07, 6.45) is 0. The van der Waals surface area contributed by atoms with Crippen LogP contribution in [0.3, 0.4) is 0 Å². The minimum absolute atomic E-state index is 0.0483. The number of aromatic hydroxyl groups is 1. The number of phenolic OH excluding ortho intramolecular Hbond substituents is 1. The Kier molecular flexibility index (Phi) is 6.04. The van der Waals surface area contributed by atoms with Crippen molar-refractivity contribution in [3.63, 3.8) is 0 Å². The lowest BCUT2D eigenvalue weighted by molar-refractivity contribution is -0.132. The van der Waals surface area contributed by atoms with Gasteiger partial charge in [-0.2, -0.15) is 0 Å². The molecule has 1 amide bonds. The highest BCUT2D eigenvalue weighted by Gasteiger charge is 2.47. The smallest absolute Gasteiger partial charge is 0.300 e. The first-order chi connectivity index (χ1) is 16.0. The minimum Gasteiger partial charge on any atom is -0.507 e. The first kappa shape index (κ1) is 22.0. The van der Waals surface area contributed by atoms with E-state index in [9.17, 15) is 19.8 Å². The molecule has 0 aliphatic carbocycles. The highest BCUT2D eigenvalue weighted by atomic mass is 16.5. The number of methoxy groups -OCH3 is 1. The van der Waals surface area contributed by atoms with Crippen molar-refractivity contribution in [1.82, 2.24) is 0 Å². The maximum atomic E-state index is 13.2. The highest BCUT2D eigenvalue weighted by molar-refractivity contribution is 6.51. The molecule has 1 fully saturated rings. The van der Waals surface area contributed by atoms with Gasteiger partial charge in [-0.15, -0.1) is 0 Å². The highest BCUT2D eigenvalue weighted by Crippen LogP contribution is 2.44. The number of aliphatic hydroxyl groups excluding tert-OH is 1. The molecular formula is C26H23NO6. The van der Waals surface area contributed by atoms with E-state index < -0.39 is 17.7 Å². The predicted octanol–water partition coefficient (Wildman–Crippen LogP) is 4.43. The fourth-order valence-electron chi connectivity index (χ4n) is 3.90. The Hall–Kier alpha value is -4.26. The molecule has 33 heavy (non-hydrogen) atoms. The van der Waals surface area contributed by atoms with Gasteiger partial charge in [-0.05, 0) is 48.9 Å². The normalized spacial score (nSPS) is 17.3. The number of hydrogen-bond donors (Lipinski definition) is 2. The topological polar surface area (TPSA) is 96.3 Å². The molecule has 2 N–H and O–H groups in total. The molecule has 1 heterocycles. The summed E-state index contributed by atoms with van der Waals surface area (Å²) in [7, 11) is 1.41. The standard InChI is InChI=1S/C26H23NO6/c1-3-33-19-12-10-18(11-13-19)27-23(17-9-14-20(28)21(15-17)32-2)22(25(30)26(27)31)24(29)16-7-5-4-6-8-16/h4-15,23,28-29H,3H2,1-2H3/t23-/m0/s1. The van der Waals surface area contributed by atoms with Gasteiger partial charge in [0.1, 0.15) is 11.5 Å². The summed E-state index contributed by atoms with van der Waals surface area (Å²) >= 11 is 0. The monoisotopic (exact) mass is 445 g/mol. The van der Waals surface area contributed by atoms with Gasteiger partial charge in [-0.25, -0.2) is 0 Å². The zero-order valence-corrected chi connectivity index (χ0v) is 18.2. The van der Waals surface area contributed by atoms with Gasteiger partial charge >= 0.3 is 0 Å². The molecule has 4 rings (SSSR count). The van der Waals surface area contributed by atoms with Gasteiger partial charge in [0, 0.05) is 11.3 Å². The Morgan fingerprint density at radius 3 is 2.33 bits per heavy atom. The number of aliphatic hydroxyl groups is 1. The van der Waals surface area contributed by atoms with E-state index in [1.54, 1.807) is 66.7 Å². The Morgan fingerprint density at radius 1 is 1.00 bits per heavy atom. The Bertz CT molecular complexity index is 1220. The second-order valence-corrected chi connectivity index (χ2v) is 7.39. The molecule has 168 valence electrons. The quantitative estimate of drug-likeness (QED) is 0.331. The number of ether oxygens (including phenoxy) is 2. The number of ketones is 1. The second kappa shape index (κ2) is 9.08. The van der Waals surface area contributed by atoms with Crippen molar-refractivity contribution in [3.8, 4) is 17.2 Å². The summed E-state index contributed by atoms with van der Waals surface area (Å²) in [5.41, 5.74) is 1.32. The summed E-state index contributed by atoms with van der Waals surface area (Å²) < 4.78 is 10.7. The molecule has 3 aromatic rings. The summed E-state index contributed by atoms with van der Waals surface area (Å²) in [5, 5.41) is 21.1. The molecule has 3 aromatic carbocycles. The van der Waals surface area contributed by atoms with Gasteiger partial charge < -0.3 is 19.7 Å². The van der Waals surface area contributed by atoms with E-state index in [-0.39, 0.29) is 22.8 Å². The van der Waals surface area contributed by atoms with Crippen molar-refractivity contribution in [3.05, 3.63) is 89.5 Å². The van der Waals surface area contributed by atoms with Crippen molar-refractivity contribution >= 4 is 23.1 Å². The van der Waals surface area contributed by atoms with Crippen LogP contribution < -0.4 is 14.4 Å². The van der Waals surface area contributed by atoms with Crippen LogP contribution in [0.2, 0.25) is 0 Å². The van der Waals surface area contributed by atoms with Crippen molar-refractivity contribution < 1.29 is 29.3 Å². The summed E-state index contributed by atoms with van der Waals surface area (Å²) in [5.74, 6) is -1.12. The fourth-order valence-corrected chi connectivity index (χ4v) is 3.90. The molecule has 1 atom stereocenters. The fraction of sp³-hybridized carbons (Fsp3) is 0.154. The lowest BCUT2D eigenvalue weighted by Gasteiger charge is -2.26. The third-order valence-electron chi connectivity index (χ3n) is 5.44. The Balaban J connectivity index is 1.92. The number of hydrogen-bond acceptors (Lipinski definition) is 6. The van der Waals surface area contributed by atoms with Crippen molar-refractivity contribution in [2.24, 2.45) is 0 Å². The number of anilines is 1. The number of rotatable bonds is 6. The number of amides is 1. The van der Waals surface area contributed by atoms with Crippen molar-refractivity contribution in [2.75, 3.05) is 18.6 Å². The Labute approximate surface area is 191 Å². The molecule has 1 saturated heterocycles. The van der Waals surface area contributed by atoms with Gasteiger partial charge in [-0.3, -0.25) is 14.5 Å². The van der Waals surface area contributed by atoms with Crippen LogP contribution >= 0.6 is 0 Å². The van der Waals surface area contributed by atoms with Gasteiger partial charge in [0.05, 0.1) is 25.3 Å². The molecule has 0 aromatic heterocycles. The number of benzene rings is 3. The molecule has 1 aliphatic heterocycles. The van der Waals surface area contributed by atoms with Crippen LogP contribution in [0.1, 0.15) is 24.1 Å². The number of Topliss-reactive ketones (excluding diaryl/α,β-unsaturated/α-hetero) is 1. The molecule has 1 aliphatic rings. The van der Waals surface area contributed by atoms with Crippen LogP contribution in [-0.4, -0.2) is 35.6 Å². The number of carbonyl (C=O) groups is 2. The average molecular weight is 445 g/mol. The largest absolute Gasteiger partial charge is 0.507 e. The van der Waals surface area contributed by atoms with E-state index in [1.807, 2.05) is 6.92 Å². The predicted molar refractivity (Wildman–Crippen MR) is 123 cm³/mol.